The van der Waals surface area contributed by atoms with Gasteiger partial charge >= 0.3 is 0 Å². The Hall–Kier alpha value is -1.30. The van der Waals surface area contributed by atoms with E-state index in [2.05, 4.69) is 17.0 Å². The number of aryl methyl sites for hydroxylation is 1. The molecule has 0 spiro atoms. The number of unbranched alkanes of at least 4 members (excludes halogenated alkanes) is 1. The molecular formula is C11H14N4OS. The van der Waals surface area contributed by atoms with Crippen molar-refractivity contribution in [1.82, 2.24) is 19.3 Å². The zero-order valence-electron chi connectivity index (χ0n) is 9.72. The molecule has 3 heterocycles. The summed E-state index contributed by atoms with van der Waals surface area (Å²) in [5.74, 6) is 0.935. The summed E-state index contributed by atoms with van der Waals surface area (Å²) in [6, 6.07) is 0. The molecule has 6 heteroatoms. The summed E-state index contributed by atoms with van der Waals surface area (Å²) in [7, 11) is 0. The van der Waals surface area contributed by atoms with E-state index in [1.807, 2.05) is 10.9 Å². The van der Waals surface area contributed by atoms with E-state index in [0.29, 0.717) is 11.0 Å². The average Bonchev–Trinajstić information content (AvgIpc) is 2.93. The number of hydrogen-bond donors (Lipinski definition) is 0. The highest BCUT2D eigenvalue weighted by atomic mass is 32.2. The summed E-state index contributed by atoms with van der Waals surface area (Å²) in [5, 5.41) is 5.82. The average molecular weight is 250 g/mol. The van der Waals surface area contributed by atoms with Crippen LogP contribution in [0.4, 0.5) is 0 Å². The van der Waals surface area contributed by atoms with Crippen LogP contribution in [-0.4, -0.2) is 25.1 Å². The van der Waals surface area contributed by atoms with Gasteiger partial charge < -0.3 is 0 Å². The van der Waals surface area contributed by atoms with Crippen LogP contribution in [0.1, 0.15) is 19.8 Å². The van der Waals surface area contributed by atoms with Crippen molar-refractivity contribution in [1.29, 1.82) is 0 Å². The molecule has 0 aliphatic carbocycles. The first-order chi connectivity index (χ1) is 8.29. The zero-order chi connectivity index (χ0) is 11.8. The van der Waals surface area contributed by atoms with E-state index < -0.39 is 0 Å². The molecule has 0 bridgehead atoms. The molecule has 0 fully saturated rings. The number of nitrogens with zero attached hydrogens (tertiary/aromatic N) is 4. The van der Waals surface area contributed by atoms with Gasteiger partial charge in [-0.3, -0.25) is 14.0 Å². The molecule has 0 unspecified atom stereocenters. The highest BCUT2D eigenvalue weighted by molar-refractivity contribution is 7.99. The largest absolute Gasteiger partial charge is 0.286 e. The predicted molar refractivity (Wildman–Crippen MR) is 67.4 cm³/mol. The van der Waals surface area contributed by atoms with Gasteiger partial charge in [-0.1, -0.05) is 25.1 Å². The Morgan fingerprint density at radius 3 is 3.24 bits per heavy atom. The fourth-order valence-corrected chi connectivity index (χ4v) is 2.94. The lowest BCUT2D eigenvalue weighted by molar-refractivity contribution is 0.575. The first-order valence-corrected chi connectivity index (χ1v) is 6.89. The van der Waals surface area contributed by atoms with E-state index in [-0.39, 0.29) is 5.56 Å². The molecule has 0 saturated carbocycles. The molecule has 0 aromatic carbocycles. The normalized spacial score (nSPS) is 14.4. The minimum Gasteiger partial charge on any atom is -0.286 e. The molecule has 3 rings (SSSR count). The van der Waals surface area contributed by atoms with Crippen LogP contribution in [0.2, 0.25) is 0 Å². The highest BCUT2D eigenvalue weighted by Crippen LogP contribution is 2.22. The van der Waals surface area contributed by atoms with Crippen LogP contribution in [0, 0.1) is 0 Å². The molecule has 1 aliphatic rings. The van der Waals surface area contributed by atoms with Crippen molar-refractivity contribution in [2.45, 2.75) is 38.0 Å². The van der Waals surface area contributed by atoms with E-state index in [9.17, 15) is 4.79 Å². The summed E-state index contributed by atoms with van der Waals surface area (Å²) in [4.78, 5) is 16.6. The second-order valence-electron chi connectivity index (χ2n) is 4.18. The number of aromatic nitrogens is 4. The van der Waals surface area contributed by atoms with E-state index >= 15 is 0 Å². The minimum absolute atomic E-state index is 0.0535. The topological polar surface area (TPSA) is 52.7 Å². The molecule has 0 atom stereocenters. The van der Waals surface area contributed by atoms with E-state index in [1.54, 1.807) is 16.3 Å². The zero-order valence-corrected chi connectivity index (χ0v) is 10.5. The summed E-state index contributed by atoms with van der Waals surface area (Å²) in [6.07, 6.45) is 4.02. The van der Waals surface area contributed by atoms with E-state index in [4.69, 9.17) is 0 Å². The molecule has 1 aliphatic heterocycles. The molecule has 0 radical (unpaired) electrons. The summed E-state index contributed by atoms with van der Waals surface area (Å²) in [6.45, 7) is 3.76. The second-order valence-corrected chi connectivity index (χ2v) is 5.24. The van der Waals surface area contributed by atoms with Crippen molar-refractivity contribution in [3.63, 3.8) is 0 Å². The van der Waals surface area contributed by atoms with Crippen molar-refractivity contribution in [3.05, 3.63) is 16.6 Å². The van der Waals surface area contributed by atoms with Gasteiger partial charge in [-0.2, -0.15) is 5.10 Å². The van der Waals surface area contributed by atoms with Crippen LogP contribution in [0.15, 0.2) is 16.1 Å². The van der Waals surface area contributed by atoms with Crippen LogP contribution in [0.5, 0.6) is 0 Å². The molecule has 0 amide bonds. The Morgan fingerprint density at radius 1 is 1.53 bits per heavy atom. The Bertz CT molecular complexity index is 616. The molecule has 0 saturated heterocycles. The van der Waals surface area contributed by atoms with Gasteiger partial charge in [-0.05, 0) is 6.42 Å². The van der Waals surface area contributed by atoms with Crippen LogP contribution in [0.25, 0.3) is 11.0 Å². The number of rotatable bonds is 3. The molecular weight excluding hydrogens is 236 g/mol. The Kier molecular flexibility index (Phi) is 2.66. The summed E-state index contributed by atoms with van der Waals surface area (Å²) in [5.41, 5.74) is 0.643. The van der Waals surface area contributed by atoms with E-state index in [1.165, 1.54) is 0 Å². The molecule has 5 nitrogen and oxygen atoms in total. The van der Waals surface area contributed by atoms with Crippen molar-refractivity contribution in [3.8, 4) is 0 Å². The van der Waals surface area contributed by atoms with Crippen LogP contribution in [-0.2, 0) is 13.1 Å². The third-order valence-corrected chi connectivity index (χ3v) is 3.89. The smallest absolute Gasteiger partial charge is 0.265 e. The van der Waals surface area contributed by atoms with Gasteiger partial charge in [0.15, 0.2) is 10.8 Å². The Balaban J connectivity index is 2.11. The Morgan fingerprint density at radius 2 is 2.41 bits per heavy atom. The van der Waals surface area contributed by atoms with Gasteiger partial charge in [0, 0.05) is 25.0 Å². The van der Waals surface area contributed by atoms with Crippen LogP contribution >= 0.6 is 11.8 Å². The lowest BCUT2D eigenvalue weighted by Crippen LogP contribution is -2.19. The minimum atomic E-state index is 0.0535. The van der Waals surface area contributed by atoms with Gasteiger partial charge in [0.1, 0.15) is 5.39 Å². The third-order valence-electron chi connectivity index (χ3n) is 2.94. The quantitative estimate of drug-likeness (QED) is 0.775. The first-order valence-electron chi connectivity index (χ1n) is 5.90. The van der Waals surface area contributed by atoms with Gasteiger partial charge in [-0.15, -0.1) is 0 Å². The van der Waals surface area contributed by atoms with Gasteiger partial charge in [0.2, 0.25) is 0 Å². The van der Waals surface area contributed by atoms with Crippen molar-refractivity contribution < 1.29 is 0 Å². The van der Waals surface area contributed by atoms with Crippen molar-refractivity contribution in [2.24, 2.45) is 0 Å². The Labute approximate surface area is 103 Å². The molecule has 2 aromatic heterocycles. The molecule has 2 aromatic rings. The first kappa shape index (κ1) is 10.8. The maximum absolute atomic E-state index is 12.2. The van der Waals surface area contributed by atoms with E-state index in [0.717, 1.165) is 36.8 Å². The lowest BCUT2D eigenvalue weighted by Gasteiger charge is -1.98. The van der Waals surface area contributed by atoms with Crippen molar-refractivity contribution in [2.75, 3.05) is 5.75 Å². The standard InChI is InChI=1S/C11H14N4OS/c1-2-3-4-14-7-8-9(13-14)12-11-15(10(8)16)5-6-17-11/h7H,2-6H2,1H3. The fourth-order valence-electron chi connectivity index (χ4n) is 2.00. The van der Waals surface area contributed by atoms with Gasteiger partial charge in [0.05, 0.1) is 0 Å². The maximum atomic E-state index is 12.2. The maximum Gasteiger partial charge on any atom is 0.265 e. The fraction of sp³-hybridized carbons (Fsp3) is 0.545. The number of thioether (sulfide) groups is 1. The molecule has 90 valence electrons. The molecule has 17 heavy (non-hydrogen) atoms. The van der Waals surface area contributed by atoms with Crippen LogP contribution in [0.3, 0.4) is 0 Å². The van der Waals surface area contributed by atoms with Crippen LogP contribution < -0.4 is 5.56 Å². The van der Waals surface area contributed by atoms with Gasteiger partial charge in [-0.25, -0.2) is 4.98 Å². The third kappa shape index (κ3) is 1.76. The monoisotopic (exact) mass is 250 g/mol. The van der Waals surface area contributed by atoms with Gasteiger partial charge in [0.25, 0.3) is 5.56 Å². The second kappa shape index (κ2) is 4.18. The highest BCUT2D eigenvalue weighted by Gasteiger charge is 2.18. The number of hydrogen-bond acceptors (Lipinski definition) is 4. The lowest BCUT2D eigenvalue weighted by atomic mass is 10.3. The number of fused-ring (bicyclic) bond motifs is 2. The SMILES string of the molecule is CCCCn1cc2c(=O)n3c(nc2n1)SCC3. The van der Waals surface area contributed by atoms with Crippen molar-refractivity contribution >= 4 is 22.8 Å². The summed E-state index contributed by atoms with van der Waals surface area (Å²) < 4.78 is 3.59. The molecule has 0 N–H and O–H groups in total. The summed E-state index contributed by atoms with van der Waals surface area (Å²) >= 11 is 1.63. The predicted octanol–water partition coefficient (Wildman–Crippen LogP) is 1.50.